The molecule has 1 saturated heterocycles. The molecule has 34 heavy (non-hydrogen) atoms. The van der Waals surface area contributed by atoms with Crippen molar-refractivity contribution >= 4 is 17.8 Å². The Morgan fingerprint density at radius 2 is 1.68 bits per heavy atom. The van der Waals surface area contributed by atoms with Gasteiger partial charge in [0.25, 0.3) is 0 Å². The third-order valence-corrected chi connectivity index (χ3v) is 6.87. The molecule has 1 aliphatic heterocycles. The SMILES string of the molecule is CCCN1C(=O)C[C@H]2[C@@H](O)[C@@H]1CC(=O)[C@@H]2CN(Cc1ccccc1)C(=O)OCc1ccccc1. The highest BCUT2D eigenvalue weighted by Gasteiger charge is 2.51. The fourth-order valence-corrected chi connectivity index (χ4v) is 5.13. The van der Waals surface area contributed by atoms with Gasteiger partial charge in [-0.25, -0.2) is 4.79 Å². The fourth-order valence-electron chi connectivity index (χ4n) is 5.13. The first-order valence-electron chi connectivity index (χ1n) is 12.0. The molecule has 2 amide bonds. The van der Waals surface area contributed by atoms with Crippen molar-refractivity contribution in [3.63, 3.8) is 0 Å². The van der Waals surface area contributed by atoms with Gasteiger partial charge in [-0.3, -0.25) is 9.59 Å². The molecule has 0 radical (unpaired) electrons. The predicted octanol–water partition coefficient (Wildman–Crippen LogP) is 3.40. The van der Waals surface area contributed by atoms with Gasteiger partial charge >= 0.3 is 6.09 Å². The molecule has 2 fully saturated rings. The molecule has 2 bridgehead atoms. The highest BCUT2D eigenvalue weighted by molar-refractivity contribution is 5.88. The van der Waals surface area contributed by atoms with Crippen LogP contribution < -0.4 is 0 Å². The van der Waals surface area contributed by atoms with E-state index in [1.54, 1.807) is 4.90 Å². The van der Waals surface area contributed by atoms with E-state index in [-0.39, 0.29) is 44.2 Å². The van der Waals surface area contributed by atoms with Gasteiger partial charge in [-0.1, -0.05) is 67.6 Å². The Bertz CT molecular complexity index is 997. The molecule has 180 valence electrons. The minimum atomic E-state index is -0.772. The van der Waals surface area contributed by atoms with Crippen molar-refractivity contribution in [1.82, 2.24) is 9.80 Å². The summed E-state index contributed by atoms with van der Waals surface area (Å²) in [6.45, 7) is 3.03. The van der Waals surface area contributed by atoms with E-state index >= 15 is 0 Å². The summed E-state index contributed by atoms with van der Waals surface area (Å²) in [7, 11) is 0. The maximum Gasteiger partial charge on any atom is 0.410 e. The molecule has 0 aromatic heterocycles. The van der Waals surface area contributed by atoms with Crippen LogP contribution in [-0.2, 0) is 27.5 Å². The Labute approximate surface area is 200 Å². The number of piperidine rings is 1. The van der Waals surface area contributed by atoms with E-state index in [1.807, 2.05) is 67.6 Å². The lowest BCUT2D eigenvalue weighted by Gasteiger charge is -2.49. The molecule has 2 aromatic rings. The van der Waals surface area contributed by atoms with Crippen LogP contribution in [-0.4, -0.2) is 57.9 Å². The number of rotatable bonds is 8. The summed E-state index contributed by atoms with van der Waals surface area (Å²) < 4.78 is 5.58. The first-order valence-corrected chi connectivity index (χ1v) is 12.0. The second kappa shape index (κ2) is 10.8. The number of aliphatic hydroxyl groups excluding tert-OH is 1. The van der Waals surface area contributed by atoms with Gasteiger partial charge in [0.05, 0.1) is 12.1 Å². The maximum atomic E-state index is 13.2. The van der Waals surface area contributed by atoms with Crippen molar-refractivity contribution in [1.29, 1.82) is 0 Å². The average molecular weight is 465 g/mol. The van der Waals surface area contributed by atoms with E-state index in [0.717, 1.165) is 17.5 Å². The Balaban J connectivity index is 1.51. The lowest BCUT2D eigenvalue weighted by molar-refractivity contribution is -0.161. The first-order chi connectivity index (χ1) is 16.5. The Kier molecular flexibility index (Phi) is 7.63. The summed E-state index contributed by atoms with van der Waals surface area (Å²) in [6, 6.07) is 18.5. The van der Waals surface area contributed by atoms with Crippen LogP contribution in [0, 0.1) is 11.8 Å². The number of likely N-dealkylation sites (tertiary alicyclic amines) is 1. The number of nitrogens with zero attached hydrogens (tertiary/aromatic N) is 2. The minimum absolute atomic E-state index is 0.0113. The standard InChI is InChI=1S/C27H32N2O5/c1-2-13-29-23-15-24(30)22(21(26(23)32)14-25(29)31)17-28(16-19-9-5-3-6-10-19)27(33)34-18-20-11-7-4-8-12-20/h3-12,21-23,26,32H,2,13-18H2,1H3/t21-,22-,23+,26-/m1/s1. The van der Waals surface area contributed by atoms with Crippen molar-refractivity contribution in [2.45, 2.75) is 51.5 Å². The van der Waals surface area contributed by atoms with Crippen molar-refractivity contribution in [2.75, 3.05) is 13.1 Å². The van der Waals surface area contributed by atoms with Crippen molar-refractivity contribution in [3.8, 4) is 0 Å². The van der Waals surface area contributed by atoms with Gasteiger partial charge in [-0.2, -0.15) is 0 Å². The summed E-state index contributed by atoms with van der Waals surface area (Å²) in [4.78, 5) is 42.2. The number of Topliss-reactive ketones (excluding diaryl/α,β-unsaturated/α-hetero) is 1. The largest absolute Gasteiger partial charge is 0.445 e. The number of hydrogen-bond donors (Lipinski definition) is 1. The van der Waals surface area contributed by atoms with E-state index in [0.29, 0.717) is 6.54 Å². The van der Waals surface area contributed by atoms with Crippen molar-refractivity contribution in [2.24, 2.45) is 11.8 Å². The topological polar surface area (TPSA) is 87.2 Å². The molecule has 7 nitrogen and oxygen atoms in total. The van der Waals surface area contributed by atoms with Crippen LogP contribution in [0.25, 0.3) is 0 Å². The molecule has 1 saturated carbocycles. The molecule has 0 spiro atoms. The summed E-state index contributed by atoms with van der Waals surface area (Å²) in [5.41, 5.74) is 1.78. The number of carbonyl (C=O) groups is 3. The number of carbonyl (C=O) groups excluding carboxylic acids is 3. The highest BCUT2D eigenvalue weighted by atomic mass is 16.6. The van der Waals surface area contributed by atoms with Crippen LogP contribution in [0.4, 0.5) is 4.79 Å². The monoisotopic (exact) mass is 464 g/mol. The maximum absolute atomic E-state index is 13.2. The third kappa shape index (κ3) is 5.30. The van der Waals surface area contributed by atoms with Crippen molar-refractivity contribution in [3.05, 3.63) is 71.8 Å². The van der Waals surface area contributed by atoms with E-state index in [2.05, 4.69) is 0 Å². The molecule has 1 N–H and O–H groups in total. The number of ether oxygens (including phenoxy) is 1. The lowest BCUT2D eigenvalue weighted by Crippen LogP contribution is -2.63. The number of fused-ring (bicyclic) bond motifs is 2. The molecule has 1 aliphatic carbocycles. The van der Waals surface area contributed by atoms with Gasteiger partial charge in [-0.15, -0.1) is 0 Å². The summed E-state index contributed by atoms with van der Waals surface area (Å²) in [5.74, 6) is -1.14. The number of benzene rings is 2. The smallest absolute Gasteiger partial charge is 0.410 e. The van der Waals surface area contributed by atoms with Crippen LogP contribution in [0.1, 0.15) is 37.3 Å². The van der Waals surface area contributed by atoms with E-state index in [4.69, 9.17) is 4.74 Å². The quantitative estimate of drug-likeness (QED) is 0.647. The number of ketones is 1. The molecule has 2 aromatic carbocycles. The molecule has 4 atom stereocenters. The molecular weight excluding hydrogens is 432 g/mol. The number of aliphatic hydroxyl groups is 1. The van der Waals surface area contributed by atoms with Gasteiger partial charge < -0.3 is 19.6 Å². The second-order valence-corrected chi connectivity index (χ2v) is 9.20. The average Bonchev–Trinajstić information content (AvgIpc) is 2.85. The second-order valence-electron chi connectivity index (χ2n) is 9.20. The molecule has 0 unspecified atom stereocenters. The number of amides is 2. The summed E-state index contributed by atoms with van der Waals surface area (Å²) in [6.07, 6.45) is -0.286. The van der Waals surface area contributed by atoms with Gasteiger partial charge in [0.2, 0.25) is 5.91 Å². The fraction of sp³-hybridized carbons (Fsp3) is 0.444. The van der Waals surface area contributed by atoms with Gasteiger partial charge in [0.1, 0.15) is 12.4 Å². The van der Waals surface area contributed by atoms with Crippen LogP contribution >= 0.6 is 0 Å². The zero-order chi connectivity index (χ0) is 24.1. The van der Waals surface area contributed by atoms with Gasteiger partial charge in [0.15, 0.2) is 0 Å². The van der Waals surface area contributed by atoms with E-state index in [1.165, 1.54) is 4.90 Å². The molecular formula is C27H32N2O5. The number of hydrogen-bond acceptors (Lipinski definition) is 5. The van der Waals surface area contributed by atoms with Gasteiger partial charge in [-0.05, 0) is 17.5 Å². The molecule has 2 aliphatic rings. The minimum Gasteiger partial charge on any atom is -0.445 e. The van der Waals surface area contributed by atoms with Crippen LogP contribution in [0.15, 0.2) is 60.7 Å². The zero-order valence-electron chi connectivity index (χ0n) is 19.5. The molecule has 1 heterocycles. The van der Waals surface area contributed by atoms with Crippen LogP contribution in [0.5, 0.6) is 0 Å². The Morgan fingerprint density at radius 1 is 1.03 bits per heavy atom. The van der Waals surface area contributed by atoms with Crippen LogP contribution in [0.3, 0.4) is 0 Å². The van der Waals surface area contributed by atoms with Crippen LogP contribution in [0.2, 0.25) is 0 Å². The summed E-state index contributed by atoms with van der Waals surface area (Å²) in [5, 5.41) is 11.0. The molecule has 4 rings (SSSR count). The summed E-state index contributed by atoms with van der Waals surface area (Å²) >= 11 is 0. The first kappa shape index (κ1) is 24.0. The predicted molar refractivity (Wildman–Crippen MR) is 126 cm³/mol. The van der Waals surface area contributed by atoms with E-state index in [9.17, 15) is 19.5 Å². The zero-order valence-corrected chi connectivity index (χ0v) is 19.5. The highest BCUT2D eigenvalue weighted by Crippen LogP contribution is 2.38. The normalized spacial score (nSPS) is 24.1. The third-order valence-electron chi connectivity index (χ3n) is 6.87. The lowest BCUT2D eigenvalue weighted by atomic mass is 9.69. The van der Waals surface area contributed by atoms with E-state index < -0.39 is 30.1 Å². The van der Waals surface area contributed by atoms with Gasteiger partial charge in [0, 0.05) is 44.3 Å². The van der Waals surface area contributed by atoms with Crippen molar-refractivity contribution < 1.29 is 24.2 Å². The Morgan fingerprint density at radius 3 is 2.32 bits per heavy atom. The Hall–Kier alpha value is -3.19. The molecule has 7 heteroatoms.